The van der Waals surface area contributed by atoms with Crippen molar-refractivity contribution in [3.05, 3.63) is 36.0 Å². The van der Waals surface area contributed by atoms with Gasteiger partial charge in [-0.25, -0.2) is 13.1 Å². The third-order valence-electron chi connectivity index (χ3n) is 5.89. The van der Waals surface area contributed by atoms with Gasteiger partial charge >= 0.3 is 0 Å². The zero-order valence-electron chi connectivity index (χ0n) is 20.7. The zero-order chi connectivity index (χ0) is 24.6. The first-order chi connectivity index (χ1) is 15.2. The van der Waals surface area contributed by atoms with Crippen molar-refractivity contribution in [1.82, 2.24) is 14.1 Å². The molecule has 3 rings (SSSR count). The molecule has 0 bridgehead atoms. The number of hydrogen-bond acceptors (Lipinski definition) is 5. The molecule has 0 radical (unpaired) electrons. The van der Waals surface area contributed by atoms with E-state index in [1.54, 1.807) is 24.3 Å². The van der Waals surface area contributed by atoms with E-state index in [2.05, 4.69) is 26.1 Å². The van der Waals surface area contributed by atoms with E-state index in [9.17, 15) is 13.2 Å². The first-order valence-corrected chi connectivity index (χ1v) is 12.7. The van der Waals surface area contributed by atoms with Crippen LogP contribution in [0.4, 0.5) is 5.82 Å². The Balaban J connectivity index is 1.69. The number of nitrogens with zero attached hydrogens (tertiary/aromatic N) is 3. The van der Waals surface area contributed by atoms with Gasteiger partial charge in [0.25, 0.3) is 0 Å². The number of amides is 1. The Morgan fingerprint density at radius 3 is 2.12 bits per heavy atom. The first-order valence-electron chi connectivity index (χ1n) is 11.3. The molecule has 1 fully saturated rings. The van der Waals surface area contributed by atoms with Gasteiger partial charge in [-0.2, -0.15) is 9.40 Å². The molecule has 0 atom stereocenters. The second-order valence-electron chi connectivity index (χ2n) is 10.6. The van der Waals surface area contributed by atoms with Crippen molar-refractivity contribution in [2.45, 2.75) is 70.2 Å². The van der Waals surface area contributed by atoms with Crippen LogP contribution in [-0.4, -0.2) is 48.6 Å². The van der Waals surface area contributed by atoms with Gasteiger partial charge < -0.3 is 10.1 Å². The van der Waals surface area contributed by atoms with Gasteiger partial charge in [0, 0.05) is 30.5 Å². The molecule has 1 aromatic carbocycles. The normalized spacial score (nSPS) is 16.6. The Hall–Kier alpha value is -2.39. The van der Waals surface area contributed by atoms with Crippen molar-refractivity contribution in [3.8, 4) is 5.75 Å². The average molecular weight is 477 g/mol. The summed E-state index contributed by atoms with van der Waals surface area (Å²) in [6, 6.07) is 8.31. The lowest BCUT2D eigenvalue weighted by molar-refractivity contribution is -0.121. The molecule has 0 saturated carbocycles. The minimum absolute atomic E-state index is 0.0950. The molecule has 1 saturated heterocycles. The number of carbonyl (C=O) groups excluding carboxylic acids is 1. The first kappa shape index (κ1) is 25.2. The van der Waals surface area contributed by atoms with Crippen LogP contribution in [0.2, 0.25) is 0 Å². The summed E-state index contributed by atoms with van der Waals surface area (Å²) in [6.45, 7) is 13.0. The lowest BCUT2D eigenvalue weighted by Gasteiger charge is -2.31. The molecule has 0 aliphatic carbocycles. The van der Waals surface area contributed by atoms with E-state index in [0.29, 0.717) is 37.5 Å². The molecule has 33 heavy (non-hydrogen) atoms. The molecule has 2 aromatic rings. The second-order valence-corrected chi connectivity index (χ2v) is 12.5. The summed E-state index contributed by atoms with van der Waals surface area (Å²) in [5, 5.41) is 7.80. The zero-order valence-corrected chi connectivity index (χ0v) is 21.5. The highest BCUT2D eigenvalue weighted by Gasteiger charge is 2.33. The Labute approximate surface area is 197 Å². The summed E-state index contributed by atoms with van der Waals surface area (Å²) in [6.07, 6.45) is 0.938. The summed E-state index contributed by atoms with van der Waals surface area (Å²) in [5.41, 5.74) is 0.479. The van der Waals surface area contributed by atoms with E-state index in [-0.39, 0.29) is 27.7 Å². The molecular weight excluding hydrogens is 440 g/mol. The smallest absolute Gasteiger partial charge is 0.243 e. The molecule has 1 amide bonds. The SMILES string of the molecule is COc1ccc(S(=O)(=O)N2CCC(C(=O)Nc3cc(C(C)(C)C)nn3C(C)(C)C)CC2)cc1. The number of carbonyl (C=O) groups is 1. The van der Waals surface area contributed by atoms with E-state index in [4.69, 9.17) is 9.84 Å². The molecule has 182 valence electrons. The van der Waals surface area contributed by atoms with Crippen molar-refractivity contribution in [2.75, 3.05) is 25.5 Å². The van der Waals surface area contributed by atoms with E-state index >= 15 is 0 Å². The van der Waals surface area contributed by atoms with Crippen LogP contribution in [0.3, 0.4) is 0 Å². The Kier molecular flexibility index (Phi) is 6.96. The van der Waals surface area contributed by atoms with Crippen LogP contribution < -0.4 is 10.1 Å². The van der Waals surface area contributed by atoms with Crippen molar-refractivity contribution >= 4 is 21.7 Å². The van der Waals surface area contributed by atoms with Gasteiger partial charge in [0.1, 0.15) is 11.6 Å². The van der Waals surface area contributed by atoms with Crippen LogP contribution in [0, 0.1) is 5.92 Å². The number of piperidine rings is 1. The fourth-order valence-corrected chi connectivity index (χ4v) is 5.30. The number of rotatable bonds is 5. The highest BCUT2D eigenvalue weighted by atomic mass is 32.2. The maximum absolute atomic E-state index is 13.1. The number of benzene rings is 1. The quantitative estimate of drug-likeness (QED) is 0.704. The fraction of sp³-hybridized carbons (Fsp3) is 0.583. The number of nitrogens with one attached hydrogen (secondary N) is 1. The fourth-order valence-electron chi connectivity index (χ4n) is 3.83. The third kappa shape index (κ3) is 5.58. The van der Waals surface area contributed by atoms with Crippen LogP contribution in [0.15, 0.2) is 35.2 Å². The predicted octanol–water partition coefficient (Wildman–Crippen LogP) is 3.98. The van der Waals surface area contributed by atoms with E-state index in [0.717, 1.165) is 5.69 Å². The van der Waals surface area contributed by atoms with E-state index in [1.807, 2.05) is 31.5 Å². The molecule has 2 heterocycles. The maximum atomic E-state index is 13.1. The van der Waals surface area contributed by atoms with Gasteiger partial charge in [-0.05, 0) is 57.9 Å². The molecule has 1 aliphatic rings. The second kappa shape index (κ2) is 9.10. The molecular formula is C24H36N4O4S. The minimum atomic E-state index is -3.60. The number of hydrogen-bond donors (Lipinski definition) is 1. The number of ether oxygens (including phenoxy) is 1. The Bertz CT molecular complexity index is 1080. The van der Waals surface area contributed by atoms with Crippen molar-refractivity contribution in [2.24, 2.45) is 5.92 Å². The van der Waals surface area contributed by atoms with Gasteiger partial charge in [0.05, 0.1) is 23.2 Å². The Morgan fingerprint density at radius 1 is 1.06 bits per heavy atom. The van der Waals surface area contributed by atoms with Crippen molar-refractivity contribution in [3.63, 3.8) is 0 Å². The summed E-state index contributed by atoms with van der Waals surface area (Å²) >= 11 is 0. The molecule has 9 heteroatoms. The molecule has 0 spiro atoms. The number of sulfonamides is 1. The van der Waals surface area contributed by atoms with Gasteiger partial charge in [-0.15, -0.1) is 0 Å². The summed E-state index contributed by atoms with van der Waals surface area (Å²) < 4.78 is 34.4. The van der Waals surface area contributed by atoms with E-state index in [1.165, 1.54) is 11.4 Å². The lowest BCUT2D eigenvalue weighted by atomic mass is 9.92. The van der Waals surface area contributed by atoms with Gasteiger partial charge in [-0.1, -0.05) is 20.8 Å². The third-order valence-corrected chi connectivity index (χ3v) is 7.80. The van der Waals surface area contributed by atoms with Gasteiger partial charge in [0.15, 0.2) is 0 Å². The summed E-state index contributed by atoms with van der Waals surface area (Å²) in [5.74, 6) is 0.926. The Morgan fingerprint density at radius 2 is 1.64 bits per heavy atom. The lowest BCUT2D eigenvalue weighted by Crippen LogP contribution is -2.41. The minimum Gasteiger partial charge on any atom is -0.497 e. The maximum Gasteiger partial charge on any atom is 0.243 e. The summed E-state index contributed by atoms with van der Waals surface area (Å²) in [4.78, 5) is 13.3. The highest BCUT2D eigenvalue weighted by Crippen LogP contribution is 2.30. The number of anilines is 1. The number of methoxy groups -OCH3 is 1. The van der Waals surface area contributed by atoms with Crippen LogP contribution in [0.5, 0.6) is 5.75 Å². The van der Waals surface area contributed by atoms with Crippen LogP contribution in [0.1, 0.15) is 60.1 Å². The van der Waals surface area contributed by atoms with Crippen LogP contribution in [0.25, 0.3) is 0 Å². The number of aromatic nitrogens is 2. The summed E-state index contributed by atoms with van der Waals surface area (Å²) in [7, 11) is -2.06. The highest BCUT2D eigenvalue weighted by molar-refractivity contribution is 7.89. The van der Waals surface area contributed by atoms with Gasteiger partial charge in [-0.3, -0.25) is 4.79 Å². The molecule has 1 N–H and O–H groups in total. The van der Waals surface area contributed by atoms with E-state index < -0.39 is 10.0 Å². The van der Waals surface area contributed by atoms with Gasteiger partial charge in [0.2, 0.25) is 15.9 Å². The molecule has 1 aliphatic heterocycles. The van der Waals surface area contributed by atoms with Crippen LogP contribution >= 0.6 is 0 Å². The van der Waals surface area contributed by atoms with Crippen molar-refractivity contribution in [1.29, 1.82) is 0 Å². The molecule has 1 aromatic heterocycles. The topological polar surface area (TPSA) is 93.5 Å². The van der Waals surface area contributed by atoms with Crippen LogP contribution in [-0.2, 0) is 25.8 Å². The largest absolute Gasteiger partial charge is 0.497 e. The predicted molar refractivity (Wildman–Crippen MR) is 129 cm³/mol. The monoisotopic (exact) mass is 476 g/mol. The average Bonchev–Trinajstić information content (AvgIpc) is 3.19. The molecule has 8 nitrogen and oxygen atoms in total. The standard InChI is InChI=1S/C24H36N4O4S/c1-23(2,3)20-16-21(28(26-20)24(4,5)6)25-22(29)17-12-14-27(15-13-17)33(30,31)19-10-8-18(32-7)9-11-19/h8-11,16-17H,12-15H2,1-7H3,(H,25,29). The molecule has 0 unspecified atom stereocenters. The van der Waals surface area contributed by atoms with Crippen molar-refractivity contribution < 1.29 is 17.9 Å².